The highest BCUT2D eigenvalue weighted by Gasteiger charge is 2.38. The average Bonchev–Trinajstić information content (AvgIpc) is 2.37. The predicted octanol–water partition coefficient (Wildman–Crippen LogP) is 0.0127. The molecule has 2 aliphatic heterocycles. The van der Waals surface area contributed by atoms with E-state index in [1.807, 2.05) is 13.8 Å². The second kappa shape index (κ2) is 5.65. The SMILES string of the molecule is CC1(C)CN(S(=O)(=O)N2CCC(CN)CC2)CCO1. The van der Waals surface area contributed by atoms with E-state index in [1.54, 1.807) is 8.61 Å². The van der Waals surface area contributed by atoms with Crippen molar-refractivity contribution in [3.05, 3.63) is 0 Å². The predicted molar refractivity (Wildman–Crippen MR) is 73.9 cm³/mol. The topological polar surface area (TPSA) is 75.9 Å². The Bertz CT molecular complexity index is 402. The van der Waals surface area contributed by atoms with Crippen LogP contribution in [0.1, 0.15) is 26.7 Å². The van der Waals surface area contributed by atoms with E-state index in [0.717, 1.165) is 12.8 Å². The second-order valence-electron chi connectivity index (χ2n) is 6.03. The maximum Gasteiger partial charge on any atom is 0.282 e. The van der Waals surface area contributed by atoms with Gasteiger partial charge in [0.05, 0.1) is 12.2 Å². The lowest BCUT2D eigenvalue weighted by atomic mass is 9.99. The van der Waals surface area contributed by atoms with Crippen molar-refractivity contribution in [2.75, 3.05) is 39.3 Å². The molecular formula is C12H25N3O3S. The first-order valence-electron chi connectivity index (χ1n) is 6.94. The highest BCUT2D eigenvalue weighted by Crippen LogP contribution is 2.24. The molecule has 0 aliphatic carbocycles. The smallest absolute Gasteiger partial charge is 0.282 e. The normalized spacial score (nSPS) is 27.5. The summed E-state index contributed by atoms with van der Waals surface area (Å²) < 4.78 is 33.9. The van der Waals surface area contributed by atoms with Crippen LogP contribution < -0.4 is 5.73 Å². The van der Waals surface area contributed by atoms with Crippen molar-refractivity contribution >= 4 is 10.2 Å². The Morgan fingerprint density at radius 3 is 2.37 bits per heavy atom. The molecule has 2 N–H and O–H groups in total. The summed E-state index contributed by atoms with van der Waals surface area (Å²) in [7, 11) is -3.34. The summed E-state index contributed by atoms with van der Waals surface area (Å²) in [4.78, 5) is 0. The summed E-state index contributed by atoms with van der Waals surface area (Å²) in [6.45, 7) is 7.01. The fraction of sp³-hybridized carbons (Fsp3) is 1.00. The number of hydrogen-bond donors (Lipinski definition) is 1. The van der Waals surface area contributed by atoms with Gasteiger partial charge in [0, 0.05) is 26.2 Å². The van der Waals surface area contributed by atoms with Crippen LogP contribution in [0.5, 0.6) is 0 Å². The molecule has 112 valence electrons. The number of nitrogens with two attached hydrogens (primary N) is 1. The molecule has 0 spiro atoms. The number of piperidine rings is 1. The van der Waals surface area contributed by atoms with E-state index in [-0.39, 0.29) is 0 Å². The summed E-state index contributed by atoms with van der Waals surface area (Å²) in [5, 5.41) is 0. The molecule has 0 amide bonds. The van der Waals surface area contributed by atoms with Crippen molar-refractivity contribution in [2.45, 2.75) is 32.3 Å². The van der Waals surface area contributed by atoms with E-state index in [4.69, 9.17) is 10.5 Å². The third-order valence-electron chi connectivity index (χ3n) is 3.95. The summed E-state index contributed by atoms with van der Waals surface area (Å²) >= 11 is 0. The molecule has 6 nitrogen and oxygen atoms in total. The molecule has 0 bridgehead atoms. The van der Waals surface area contributed by atoms with Gasteiger partial charge >= 0.3 is 0 Å². The van der Waals surface area contributed by atoms with E-state index >= 15 is 0 Å². The van der Waals surface area contributed by atoms with Crippen molar-refractivity contribution in [3.8, 4) is 0 Å². The Hall–Kier alpha value is -0.210. The quantitative estimate of drug-likeness (QED) is 0.795. The first-order valence-corrected chi connectivity index (χ1v) is 8.34. The van der Waals surface area contributed by atoms with Gasteiger partial charge in [-0.25, -0.2) is 0 Å². The van der Waals surface area contributed by atoms with E-state index in [1.165, 1.54) is 0 Å². The highest BCUT2D eigenvalue weighted by molar-refractivity contribution is 7.86. The lowest BCUT2D eigenvalue weighted by molar-refractivity contribution is -0.0654. The lowest BCUT2D eigenvalue weighted by Gasteiger charge is -2.40. The summed E-state index contributed by atoms with van der Waals surface area (Å²) in [5.74, 6) is 0.465. The molecule has 0 radical (unpaired) electrons. The summed E-state index contributed by atoms with van der Waals surface area (Å²) in [6, 6.07) is 0. The molecule has 0 aromatic carbocycles. The monoisotopic (exact) mass is 291 g/mol. The van der Waals surface area contributed by atoms with Crippen LogP contribution in [0.4, 0.5) is 0 Å². The van der Waals surface area contributed by atoms with Gasteiger partial charge in [0.2, 0.25) is 0 Å². The van der Waals surface area contributed by atoms with Crippen LogP contribution in [0.2, 0.25) is 0 Å². The highest BCUT2D eigenvalue weighted by atomic mass is 32.2. The van der Waals surface area contributed by atoms with Crippen LogP contribution in [0.25, 0.3) is 0 Å². The Balaban J connectivity index is 2.02. The third kappa shape index (κ3) is 3.46. The molecule has 2 aliphatic rings. The molecule has 0 unspecified atom stereocenters. The van der Waals surface area contributed by atoms with Gasteiger partial charge in [0.15, 0.2) is 0 Å². The largest absolute Gasteiger partial charge is 0.373 e. The van der Waals surface area contributed by atoms with Gasteiger partial charge in [0.1, 0.15) is 0 Å². The minimum Gasteiger partial charge on any atom is -0.373 e. The molecule has 0 saturated carbocycles. The molecule has 2 fully saturated rings. The number of ether oxygens (including phenoxy) is 1. The Morgan fingerprint density at radius 2 is 1.84 bits per heavy atom. The molecule has 7 heteroatoms. The average molecular weight is 291 g/mol. The van der Waals surface area contributed by atoms with Crippen LogP contribution in [-0.4, -0.2) is 62.0 Å². The minimum absolute atomic E-state index is 0.402. The lowest BCUT2D eigenvalue weighted by Crippen LogP contribution is -2.55. The van der Waals surface area contributed by atoms with E-state index < -0.39 is 15.8 Å². The molecule has 0 atom stereocenters. The van der Waals surface area contributed by atoms with Crippen LogP contribution in [0, 0.1) is 5.92 Å². The van der Waals surface area contributed by atoms with Crippen molar-refractivity contribution in [3.63, 3.8) is 0 Å². The molecule has 0 aromatic rings. The third-order valence-corrected chi connectivity index (χ3v) is 5.93. The zero-order valence-electron chi connectivity index (χ0n) is 11.8. The standard InChI is InChI=1S/C12H25N3O3S/c1-12(2)10-15(7-8-18-12)19(16,17)14-5-3-11(9-13)4-6-14/h11H,3-10,13H2,1-2H3. The molecule has 2 heterocycles. The Labute approximate surface area is 116 Å². The van der Waals surface area contributed by atoms with Gasteiger partial charge in [-0.05, 0) is 39.2 Å². The van der Waals surface area contributed by atoms with E-state index in [9.17, 15) is 8.42 Å². The molecule has 0 aromatic heterocycles. The number of nitrogens with zero attached hydrogens (tertiary/aromatic N) is 2. The van der Waals surface area contributed by atoms with Crippen LogP contribution in [0.15, 0.2) is 0 Å². The number of morpholine rings is 1. The van der Waals surface area contributed by atoms with E-state index in [2.05, 4.69) is 0 Å². The van der Waals surface area contributed by atoms with Gasteiger partial charge in [0.25, 0.3) is 10.2 Å². The maximum absolute atomic E-state index is 12.6. The molecule has 2 saturated heterocycles. The Morgan fingerprint density at radius 1 is 1.21 bits per heavy atom. The van der Waals surface area contributed by atoms with Crippen molar-refractivity contribution < 1.29 is 13.2 Å². The number of hydrogen-bond acceptors (Lipinski definition) is 4. The van der Waals surface area contributed by atoms with Crippen molar-refractivity contribution in [1.82, 2.24) is 8.61 Å². The van der Waals surface area contributed by atoms with Crippen molar-refractivity contribution in [1.29, 1.82) is 0 Å². The van der Waals surface area contributed by atoms with Crippen LogP contribution in [-0.2, 0) is 14.9 Å². The summed E-state index contributed by atoms with van der Waals surface area (Å²) in [6.07, 6.45) is 1.73. The first-order chi connectivity index (χ1) is 8.85. The van der Waals surface area contributed by atoms with Crippen LogP contribution >= 0.6 is 0 Å². The molecular weight excluding hydrogens is 266 g/mol. The van der Waals surface area contributed by atoms with E-state index in [0.29, 0.717) is 45.2 Å². The zero-order valence-corrected chi connectivity index (χ0v) is 12.7. The maximum atomic E-state index is 12.6. The van der Waals surface area contributed by atoms with Gasteiger partial charge in [-0.3, -0.25) is 0 Å². The van der Waals surface area contributed by atoms with Gasteiger partial charge in [-0.1, -0.05) is 0 Å². The fourth-order valence-corrected chi connectivity index (χ4v) is 4.49. The Kier molecular flexibility index (Phi) is 4.52. The van der Waals surface area contributed by atoms with Gasteiger partial charge in [-0.2, -0.15) is 17.0 Å². The first kappa shape index (κ1) is 15.2. The van der Waals surface area contributed by atoms with Gasteiger partial charge < -0.3 is 10.5 Å². The van der Waals surface area contributed by atoms with Gasteiger partial charge in [-0.15, -0.1) is 0 Å². The number of rotatable bonds is 3. The molecule has 2 rings (SSSR count). The minimum atomic E-state index is -3.34. The molecule has 19 heavy (non-hydrogen) atoms. The fourth-order valence-electron chi connectivity index (χ4n) is 2.71. The zero-order chi connectivity index (χ0) is 14.1. The second-order valence-corrected chi connectivity index (χ2v) is 7.96. The summed E-state index contributed by atoms with van der Waals surface area (Å²) in [5.41, 5.74) is 5.24. The van der Waals surface area contributed by atoms with Crippen LogP contribution in [0.3, 0.4) is 0 Å². The van der Waals surface area contributed by atoms with Crippen molar-refractivity contribution in [2.24, 2.45) is 11.7 Å².